The number of hydrogen-bond donors (Lipinski definition) is 2. The highest BCUT2D eigenvalue weighted by molar-refractivity contribution is 7.10. The van der Waals surface area contributed by atoms with Crippen molar-refractivity contribution in [3.8, 4) is 0 Å². The van der Waals surface area contributed by atoms with Crippen LogP contribution >= 0.6 is 11.3 Å². The van der Waals surface area contributed by atoms with Gasteiger partial charge in [-0.1, -0.05) is 13.0 Å². The van der Waals surface area contributed by atoms with E-state index in [2.05, 4.69) is 25.6 Å². The van der Waals surface area contributed by atoms with Gasteiger partial charge in [0.15, 0.2) is 12.0 Å². The predicted octanol–water partition coefficient (Wildman–Crippen LogP) is 3.49. The van der Waals surface area contributed by atoms with Gasteiger partial charge in [-0.2, -0.15) is 15.0 Å². The molecule has 0 radical (unpaired) electrons. The summed E-state index contributed by atoms with van der Waals surface area (Å²) in [5.74, 6) is -0.0359. The number of nitrogens with zero attached hydrogens (tertiary/aromatic N) is 3. The Morgan fingerprint density at radius 3 is 2.64 bits per heavy atom. The van der Waals surface area contributed by atoms with Gasteiger partial charge < -0.3 is 5.32 Å². The highest BCUT2D eigenvalue weighted by Gasteiger charge is 2.16. The number of halogens is 1. The average molecular weight is 323 g/mol. The highest BCUT2D eigenvalue weighted by Crippen LogP contribution is 2.25. The van der Waals surface area contributed by atoms with Gasteiger partial charge in [0.25, 0.3) is 0 Å². The van der Waals surface area contributed by atoms with E-state index in [0.29, 0.717) is 0 Å². The van der Waals surface area contributed by atoms with Crippen molar-refractivity contribution in [2.75, 3.05) is 10.6 Å². The number of nitrogens with one attached hydrogen (secondary N) is 2. The zero-order chi connectivity index (χ0) is 16.1. The Morgan fingerprint density at radius 2 is 2.09 bits per heavy atom. The quantitative estimate of drug-likeness (QED) is 0.850. The standard InChI is InChI=1S/C14H18FN5OS/c1-4-10(11-6-5-7-22-11)17-14-19-12(8(2)15)18-13(20-14)16-9(3)21/h5-8,10H,4H2,1-3H3,(H2,16,17,18,19,20,21). The van der Waals surface area contributed by atoms with Crippen molar-refractivity contribution in [2.45, 2.75) is 39.4 Å². The van der Waals surface area contributed by atoms with Crippen LogP contribution in [0.5, 0.6) is 0 Å². The molecule has 2 rings (SSSR count). The van der Waals surface area contributed by atoms with Crippen molar-refractivity contribution < 1.29 is 9.18 Å². The predicted molar refractivity (Wildman–Crippen MR) is 84.6 cm³/mol. The molecular formula is C14H18FN5OS. The molecule has 2 unspecified atom stereocenters. The minimum Gasteiger partial charge on any atom is -0.346 e. The lowest BCUT2D eigenvalue weighted by molar-refractivity contribution is -0.114. The molecule has 1 amide bonds. The first-order chi connectivity index (χ1) is 10.5. The Labute approximate surface area is 132 Å². The van der Waals surface area contributed by atoms with Crippen molar-refractivity contribution >= 4 is 29.1 Å². The number of amides is 1. The normalized spacial score (nSPS) is 13.5. The molecule has 0 saturated carbocycles. The number of carbonyl (C=O) groups is 1. The number of carbonyl (C=O) groups excluding carboxylic acids is 1. The molecule has 0 spiro atoms. The lowest BCUT2D eigenvalue weighted by Crippen LogP contribution is -2.16. The minimum absolute atomic E-state index is 0.0118. The van der Waals surface area contributed by atoms with E-state index in [1.807, 2.05) is 24.4 Å². The molecule has 0 bridgehead atoms. The first-order valence-electron chi connectivity index (χ1n) is 6.97. The highest BCUT2D eigenvalue weighted by atomic mass is 32.1. The third-order valence-electron chi connectivity index (χ3n) is 2.89. The Morgan fingerprint density at radius 1 is 1.36 bits per heavy atom. The molecule has 8 heteroatoms. The third kappa shape index (κ3) is 4.20. The summed E-state index contributed by atoms with van der Waals surface area (Å²) in [4.78, 5) is 24.4. The Balaban J connectivity index is 2.28. The van der Waals surface area contributed by atoms with Gasteiger partial charge >= 0.3 is 0 Å². The largest absolute Gasteiger partial charge is 0.346 e. The summed E-state index contributed by atoms with van der Waals surface area (Å²) in [6.45, 7) is 4.72. The van der Waals surface area contributed by atoms with E-state index in [9.17, 15) is 9.18 Å². The van der Waals surface area contributed by atoms with E-state index < -0.39 is 6.17 Å². The second-order valence-electron chi connectivity index (χ2n) is 4.76. The van der Waals surface area contributed by atoms with Crippen LogP contribution in [-0.2, 0) is 4.79 Å². The molecule has 2 atom stereocenters. The summed E-state index contributed by atoms with van der Waals surface area (Å²) >= 11 is 1.62. The maximum Gasteiger partial charge on any atom is 0.234 e. The molecule has 6 nitrogen and oxygen atoms in total. The summed E-state index contributed by atoms with van der Waals surface area (Å²) < 4.78 is 13.5. The summed E-state index contributed by atoms with van der Waals surface area (Å²) in [7, 11) is 0. The van der Waals surface area contributed by atoms with Crippen molar-refractivity contribution in [3.63, 3.8) is 0 Å². The molecule has 0 saturated heterocycles. The van der Waals surface area contributed by atoms with Crippen LogP contribution in [0.3, 0.4) is 0 Å². The second kappa shape index (κ2) is 7.26. The number of anilines is 2. The fourth-order valence-corrected chi connectivity index (χ4v) is 2.73. The SMILES string of the molecule is CCC(Nc1nc(NC(C)=O)nc(C(C)F)n1)c1cccs1. The van der Waals surface area contributed by atoms with E-state index in [-0.39, 0.29) is 29.7 Å². The Kier molecular flexibility index (Phi) is 5.37. The molecule has 0 aliphatic heterocycles. The Bertz CT molecular complexity index is 632. The van der Waals surface area contributed by atoms with Crippen molar-refractivity contribution in [1.29, 1.82) is 0 Å². The van der Waals surface area contributed by atoms with Crippen LogP contribution in [0.25, 0.3) is 0 Å². The first kappa shape index (κ1) is 16.3. The van der Waals surface area contributed by atoms with Crippen LogP contribution in [0.2, 0.25) is 0 Å². The van der Waals surface area contributed by atoms with E-state index in [1.165, 1.54) is 13.8 Å². The van der Waals surface area contributed by atoms with Crippen LogP contribution < -0.4 is 10.6 Å². The smallest absolute Gasteiger partial charge is 0.234 e. The maximum absolute atomic E-state index is 13.5. The van der Waals surface area contributed by atoms with Gasteiger partial charge in [0, 0.05) is 11.8 Å². The van der Waals surface area contributed by atoms with Crippen LogP contribution in [0.4, 0.5) is 16.3 Å². The molecule has 0 fully saturated rings. The number of aromatic nitrogens is 3. The van der Waals surface area contributed by atoms with Gasteiger partial charge in [-0.3, -0.25) is 10.1 Å². The number of rotatable bonds is 6. The van der Waals surface area contributed by atoms with Crippen molar-refractivity contribution in [2.24, 2.45) is 0 Å². The van der Waals surface area contributed by atoms with Crippen LogP contribution in [-0.4, -0.2) is 20.9 Å². The molecule has 2 aromatic heterocycles. The fraction of sp³-hybridized carbons (Fsp3) is 0.429. The molecule has 118 valence electrons. The molecule has 0 aliphatic carbocycles. The molecule has 0 aliphatic rings. The minimum atomic E-state index is -1.35. The third-order valence-corrected chi connectivity index (χ3v) is 3.88. The van der Waals surface area contributed by atoms with Crippen LogP contribution in [0.1, 0.15) is 50.1 Å². The van der Waals surface area contributed by atoms with E-state index >= 15 is 0 Å². The second-order valence-corrected chi connectivity index (χ2v) is 5.74. The Hall–Kier alpha value is -2.09. The van der Waals surface area contributed by atoms with Crippen LogP contribution in [0, 0.1) is 0 Å². The zero-order valence-electron chi connectivity index (χ0n) is 12.6. The van der Waals surface area contributed by atoms with Gasteiger partial charge in [0.05, 0.1) is 6.04 Å². The molecule has 2 aromatic rings. The molecule has 2 heterocycles. The van der Waals surface area contributed by atoms with Gasteiger partial charge in [0.2, 0.25) is 17.8 Å². The molecule has 22 heavy (non-hydrogen) atoms. The van der Waals surface area contributed by atoms with Gasteiger partial charge in [0.1, 0.15) is 0 Å². The maximum atomic E-state index is 13.5. The lowest BCUT2D eigenvalue weighted by atomic mass is 10.2. The van der Waals surface area contributed by atoms with Gasteiger partial charge in [-0.05, 0) is 24.8 Å². The van der Waals surface area contributed by atoms with Crippen LogP contribution in [0.15, 0.2) is 17.5 Å². The average Bonchev–Trinajstić information content (AvgIpc) is 2.97. The van der Waals surface area contributed by atoms with Gasteiger partial charge in [-0.15, -0.1) is 11.3 Å². The first-order valence-corrected chi connectivity index (χ1v) is 7.85. The zero-order valence-corrected chi connectivity index (χ0v) is 13.4. The van der Waals surface area contributed by atoms with E-state index in [1.54, 1.807) is 11.3 Å². The monoisotopic (exact) mass is 323 g/mol. The number of alkyl halides is 1. The summed E-state index contributed by atoms with van der Waals surface area (Å²) in [6, 6.07) is 4.01. The summed E-state index contributed by atoms with van der Waals surface area (Å²) in [6.07, 6.45) is -0.528. The van der Waals surface area contributed by atoms with E-state index in [4.69, 9.17) is 0 Å². The fourth-order valence-electron chi connectivity index (χ4n) is 1.87. The van der Waals surface area contributed by atoms with E-state index in [0.717, 1.165) is 11.3 Å². The summed E-state index contributed by atoms with van der Waals surface area (Å²) in [5, 5.41) is 7.62. The number of hydrogen-bond acceptors (Lipinski definition) is 6. The topological polar surface area (TPSA) is 79.8 Å². The number of thiophene rings is 1. The molecular weight excluding hydrogens is 305 g/mol. The van der Waals surface area contributed by atoms with Crippen molar-refractivity contribution in [1.82, 2.24) is 15.0 Å². The summed E-state index contributed by atoms with van der Waals surface area (Å²) in [5.41, 5.74) is 0. The van der Waals surface area contributed by atoms with Crippen molar-refractivity contribution in [3.05, 3.63) is 28.2 Å². The molecule has 2 N–H and O–H groups in total. The molecule has 0 aromatic carbocycles. The lowest BCUT2D eigenvalue weighted by Gasteiger charge is -2.16. The van der Waals surface area contributed by atoms with Gasteiger partial charge in [-0.25, -0.2) is 4.39 Å².